The van der Waals surface area contributed by atoms with E-state index in [0.717, 1.165) is 33.6 Å². The minimum Gasteiger partial charge on any atom is -0.451 e. The number of hydrogen-bond donors (Lipinski definition) is 2. The van der Waals surface area contributed by atoms with Crippen LogP contribution in [0.15, 0.2) is 71.1 Å². The van der Waals surface area contributed by atoms with Crippen molar-refractivity contribution in [3.63, 3.8) is 0 Å². The predicted molar refractivity (Wildman–Crippen MR) is 155 cm³/mol. The maximum Gasteiger partial charge on any atom is 0.293 e. The number of amides is 1. The molecular weight excluding hydrogens is 518 g/mol. The summed E-state index contributed by atoms with van der Waals surface area (Å²) < 4.78 is 5.74. The average Bonchev–Trinajstić information content (AvgIpc) is 3.53. The number of anilines is 1. The van der Waals surface area contributed by atoms with Crippen LogP contribution < -0.4 is 10.6 Å². The summed E-state index contributed by atoms with van der Waals surface area (Å²) >= 11 is 11.6. The third-order valence-electron chi connectivity index (χ3n) is 6.28. The minimum atomic E-state index is -0.457. The topological polar surface area (TPSA) is 85.0 Å². The lowest BCUT2D eigenvalue weighted by Gasteiger charge is -2.11. The van der Waals surface area contributed by atoms with E-state index in [1.165, 1.54) is 5.56 Å². The Bertz CT molecular complexity index is 1670. The molecule has 0 saturated heterocycles. The Hall–Kier alpha value is -4.01. The lowest BCUT2D eigenvalue weighted by atomic mass is 10.0. The number of aromatic nitrogens is 3. The van der Waals surface area contributed by atoms with Crippen molar-refractivity contribution in [1.29, 1.82) is 0 Å². The van der Waals surface area contributed by atoms with Crippen molar-refractivity contribution in [3.8, 4) is 17.0 Å². The van der Waals surface area contributed by atoms with Crippen LogP contribution in [0.1, 0.15) is 47.0 Å². The standard InChI is InChI=1S/C29H26ClN5O2S/c1-16(2)19-7-9-21(10-8-19)35-33-24-13-18(4)23(15-25(24)34-35)31-29(38)32-28(36)27-12-11-26(37-27)20-6-5-17(3)22(30)14-20/h5-16H,1-4H3,(H2,31,32,36,38). The van der Waals surface area contributed by atoms with E-state index in [1.807, 2.05) is 50.2 Å². The second-order valence-electron chi connectivity index (χ2n) is 9.43. The van der Waals surface area contributed by atoms with Crippen LogP contribution in [0.5, 0.6) is 0 Å². The molecule has 0 spiro atoms. The van der Waals surface area contributed by atoms with Gasteiger partial charge in [0, 0.05) is 16.3 Å². The Morgan fingerprint density at radius 1 is 0.947 bits per heavy atom. The highest BCUT2D eigenvalue weighted by Crippen LogP contribution is 2.27. The number of carbonyl (C=O) groups is 1. The van der Waals surface area contributed by atoms with E-state index in [9.17, 15) is 4.79 Å². The number of furan rings is 1. The van der Waals surface area contributed by atoms with Gasteiger partial charge < -0.3 is 9.73 Å². The molecule has 2 aromatic heterocycles. The smallest absolute Gasteiger partial charge is 0.293 e. The SMILES string of the molecule is Cc1ccc(-c2ccc(C(=O)NC(=S)Nc3cc4nn(-c5ccc(C(C)C)cc5)nc4cc3C)o2)cc1Cl. The molecule has 192 valence electrons. The second-order valence-corrected chi connectivity index (χ2v) is 10.2. The van der Waals surface area contributed by atoms with Crippen LogP contribution in [0.3, 0.4) is 0 Å². The molecule has 0 unspecified atom stereocenters. The predicted octanol–water partition coefficient (Wildman–Crippen LogP) is 7.20. The summed E-state index contributed by atoms with van der Waals surface area (Å²) in [6.07, 6.45) is 0. The molecule has 7 nitrogen and oxygen atoms in total. The molecule has 0 saturated carbocycles. The lowest BCUT2D eigenvalue weighted by Crippen LogP contribution is -2.34. The number of hydrogen-bond acceptors (Lipinski definition) is 5. The van der Waals surface area contributed by atoms with Crippen LogP contribution in [0.25, 0.3) is 28.0 Å². The van der Waals surface area contributed by atoms with Gasteiger partial charge in [-0.05, 0) is 91.1 Å². The third kappa shape index (κ3) is 5.32. The maximum atomic E-state index is 12.8. The van der Waals surface area contributed by atoms with Crippen LogP contribution in [0, 0.1) is 13.8 Å². The van der Waals surface area contributed by atoms with E-state index < -0.39 is 5.91 Å². The number of nitrogens with one attached hydrogen (secondary N) is 2. The number of carbonyl (C=O) groups excluding carboxylic acids is 1. The zero-order valence-corrected chi connectivity index (χ0v) is 22.9. The Morgan fingerprint density at radius 2 is 1.66 bits per heavy atom. The van der Waals surface area contributed by atoms with Gasteiger partial charge in [0.1, 0.15) is 16.8 Å². The van der Waals surface area contributed by atoms with Gasteiger partial charge in [0.15, 0.2) is 10.9 Å². The molecular formula is C29H26ClN5O2S. The number of nitrogens with zero attached hydrogens (tertiary/aromatic N) is 3. The molecule has 0 atom stereocenters. The monoisotopic (exact) mass is 543 g/mol. The molecule has 1 amide bonds. The van der Waals surface area contributed by atoms with Crippen LogP contribution in [0.4, 0.5) is 5.69 Å². The minimum absolute atomic E-state index is 0.138. The lowest BCUT2D eigenvalue weighted by molar-refractivity contribution is 0.0951. The van der Waals surface area contributed by atoms with E-state index >= 15 is 0 Å². The van der Waals surface area contributed by atoms with Crippen molar-refractivity contribution in [1.82, 2.24) is 20.3 Å². The molecule has 2 N–H and O–H groups in total. The third-order valence-corrected chi connectivity index (χ3v) is 6.89. The molecule has 0 bridgehead atoms. The molecule has 0 aliphatic heterocycles. The quantitative estimate of drug-likeness (QED) is 0.228. The number of halogens is 1. The largest absolute Gasteiger partial charge is 0.451 e. The summed E-state index contributed by atoms with van der Waals surface area (Å²) in [5, 5.41) is 15.8. The molecule has 9 heteroatoms. The van der Waals surface area contributed by atoms with Gasteiger partial charge >= 0.3 is 0 Å². The first-order chi connectivity index (χ1) is 18.2. The number of aryl methyl sites for hydroxylation is 2. The summed E-state index contributed by atoms with van der Waals surface area (Å²) in [5.74, 6) is 0.677. The van der Waals surface area contributed by atoms with E-state index in [-0.39, 0.29) is 10.9 Å². The molecule has 3 aromatic carbocycles. The fraction of sp³-hybridized carbons (Fsp3) is 0.172. The zero-order chi connectivity index (χ0) is 27.0. The zero-order valence-electron chi connectivity index (χ0n) is 21.4. The van der Waals surface area contributed by atoms with Gasteiger partial charge in [-0.15, -0.1) is 10.2 Å². The maximum absolute atomic E-state index is 12.8. The number of benzene rings is 3. The van der Waals surface area contributed by atoms with Crippen LogP contribution in [-0.4, -0.2) is 26.0 Å². The highest BCUT2D eigenvalue weighted by molar-refractivity contribution is 7.80. The summed E-state index contributed by atoms with van der Waals surface area (Å²) in [4.78, 5) is 14.4. The number of rotatable bonds is 5. The van der Waals surface area contributed by atoms with E-state index in [2.05, 4.69) is 46.8 Å². The first-order valence-corrected chi connectivity index (χ1v) is 12.9. The van der Waals surface area contributed by atoms with E-state index in [0.29, 0.717) is 22.2 Å². The molecule has 5 rings (SSSR count). The van der Waals surface area contributed by atoms with Crippen molar-refractivity contribution in [2.24, 2.45) is 0 Å². The first-order valence-electron chi connectivity index (χ1n) is 12.1. The van der Waals surface area contributed by atoms with Gasteiger partial charge in [-0.1, -0.05) is 49.7 Å². The van der Waals surface area contributed by atoms with E-state index in [4.69, 9.17) is 28.2 Å². The van der Waals surface area contributed by atoms with Crippen molar-refractivity contribution < 1.29 is 9.21 Å². The highest BCUT2D eigenvalue weighted by atomic mass is 35.5. The van der Waals surface area contributed by atoms with Gasteiger partial charge in [0.05, 0.1) is 5.69 Å². The fourth-order valence-corrected chi connectivity index (χ4v) is 4.37. The van der Waals surface area contributed by atoms with Crippen molar-refractivity contribution in [2.45, 2.75) is 33.6 Å². The Morgan fingerprint density at radius 3 is 2.34 bits per heavy atom. The van der Waals surface area contributed by atoms with Crippen molar-refractivity contribution in [3.05, 3.63) is 94.2 Å². The normalized spacial score (nSPS) is 11.2. The van der Waals surface area contributed by atoms with Crippen LogP contribution in [0.2, 0.25) is 5.02 Å². The van der Waals surface area contributed by atoms with Gasteiger partial charge in [-0.25, -0.2) is 0 Å². The summed E-state index contributed by atoms with van der Waals surface area (Å²) in [6, 6.07) is 20.9. The summed E-state index contributed by atoms with van der Waals surface area (Å²) in [5.41, 5.74) is 6.98. The Kier molecular flexibility index (Phi) is 7.01. The van der Waals surface area contributed by atoms with Gasteiger partial charge in [0.25, 0.3) is 5.91 Å². The summed E-state index contributed by atoms with van der Waals surface area (Å²) in [7, 11) is 0. The molecule has 0 aliphatic rings. The second kappa shape index (κ2) is 10.4. The van der Waals surface area contributed by atoms with Crippen molar-refractivity contribution in [2.75, 3.05) is 5.32 Å². The number of fused-ring (bicyclic) bond motifs is 1. The molecule has 0 aliphatic carbocycles. The van der Waals surface area contributed by atoms with Crippen molar-refractivity contribution >= 4 is 51.6 Å². The highest BCUT2D eigenvalue weighted by Gasteiger charge is 2.16. The Balaban J connectivity index is 1.29. The average molecular weight is 544 g/mol. The Labute approximate surface area is 230 Å². The first kappa shape index (κ1) is 25.6. The van der Waals surface area contributed by atoms with Crippen LogP contribution in [-0.2, 0) is 0 Å². The molecule has 0 radical (unpaired) electrons. The van der Waals surface area contributed by atoms with E-state index in [1.54, 1.807) is 23.0 Å². The van der Waals surface area contributed by atoms with Gasteiger partial charge in [-0.3, -0.25) is 10.1 Å². The van der Waals surface area contributed by atoms with Gasteiger partial charge in [-0.2, -0.15) is 4.80 Å². The van der Waals surface area contributed by atoms with Gasteiger partial charge in [0.2, 0.25) is 0 Å². The molecule has 38 heavy (non-hydrogen) atoms. The van der Waals surface area contributed by atoms with Crippen LogP contribution >= 0.6 is 23.8 Å². The summed E-state index contributed by atoms with van der Waals surface area (Å²) in [6.45, 7) is 8.18. The molecule has 2 heterocycles. The molecule has 0 fully saturated rings. The molecule has 5 aromatic rings. The number of thiocarbonyl (C=S) groups is 1. The fourth-order valence-electron chi connectivity index (χ4n) is 3.99.